The van der Waals surface area contributed by atoms with E-state index in [2.05, 4.69) is 13.8 Å². The van der Waals surface area contributed by atoms with E-state index in [1.54, 1.807) is 0 Å². The van der Waals surface area contributed by atoms with Crippen molar-refractivity contribution in [2.45, 2.75) is 38.8 Å². The van der Waals surface area contributed by atoms with Gasteiger partial charge in [-0.05, 0) is 18.8 Å². The van der Waals surface area contributed by atoms with Crippen LogP contribution in [0, 0.1) is 5.92 Å². The van der Waals surface area contributed by atoms with Crippen molar-refractivity contribution >= 4 is 5.91 Å². The maximum absolute atomic E-state index is 12.0. The normalized spacial score (nSPS) is 28.1. The van der Waals surface area contributed by atoms with Crippen molar-refractivity contribution in [1.29, 1.82) is 0 Å². The van der Waals surface area contributed by atoms with Gasteiger partial charge in [0.1, 0.15) is 6.10 Å². The van der Waals surface area contributed by atoms with Crippen LogP contribution in [0.1, 0.15) is 26.7 Å². The van der Waals surface area contributed by atoms with Crippen molar-refractivity contribution in [3.8, 4) is 0 Å². The Kier molecular flexibility index (Phi) is 4.54. The highest BCUT2D eigenvalue weighted by atomic mass is 16.5. The minimum Gasteiger partial charge on any atom is -0.370 e. The molecule has 1 heterocycles. The fourth-order valence-electron chi connectivity index (χ4n) is 2.29. The van der Waals surface area contributed by atoms with E-state index in [-0.39, 0.29) is 12.5 Å². The minimum absolute atomic E-state index is 0.0520. The number of carbonyl (C=O) groups excluding carboxylic acids is 1. The third kappa shape index (κ3) is 2.69. The molecule has 1 aliphatic heterocycles. The number of nitrogens with two attached hydrogens (primary N) is 1. The Morgan fingerprint density at radius 3 is 2.80 bits per heavy atom. The van der Waals surface area contributed by atoms with E-state index in [1.807, 2.05) is 4.90 Å². The molecule has 1 fully saturated rings. The molecule has 3 atom stereocenters. The average Bonchev–Trinajstić information content (AvgIpc) is 2.61. The zero-order chi connectivity index (χ0) is 11.4. The molecule has 4 heteroatoms. The summed E-state index contributed by atoms with van der Waals surface area (Å²) < 4.78 is 5.09. The second-order valence-corrected chi connectivity index (χ2v) is 4.35. The van der Waals surface area contributed by atoms with Crippen LogP contribution >= 0.6 is 0 Å². The zero-order valence-corrected chi connectivity index (χ0v) is 9.90. The first-order chi connectivity index (χ1) is 7.13. The van der Waals surface area contributed by atoms with E-state index in [9.17, 15) is 4.79 Å². The van der Waals surface area contributed by atoms with Crippen molar-refractivity contribution in [1.82, 2.24) is 4.90 Å². The summed E-state index contributed by atoms with van der Waals surface area (Å²) in [4.78, 5) is 14.0. The van der Waals surface area contributed by atoms with Crippen molar-refractivity contribution in [3.63, 3.8) is 0 Å². The van der Waals surface area contributed by atoms with Gasteiger partial charge in [0.15, 0.2) is 0 Å². The van der Waals surface area contributed by atoms with E-state index >= 15 is 0 Å². The number of likely N-dealkylation sites (tertiary alicyclic amines) is 1. The molecule has 0 radical (unpaired) electrons. The highest BCUT2D eigenvalue weighted by molar-refractivity contribution is 5.81. The largest absolute Gasteiger partial charge is 0.370 e. The first-order valence-corrected chi connectivity index (χ1v) is 5.67. The Bertz CT molecular complexity index is 217. The molecule has 0 aromatic rings. The van der Waals surface area contributed by atoms with E-state index in [1.165, 1.54) is 7.11 Å². The van der Waals surface area contributed by atoms with Crippen LogP contribution in [0.4, 0.5) is 0 Å². The van der Waals surface area contributed by atoms with Crippen molar-refractivity contribution < 1.29 is 9.53 Å². The number of hydrogen-bond donors (Lipinski definition) is 1. The molecule has 88 valence electrons. The third-order valence-electron chi connectivity index (χ3n) is 3.15. The van der Waals surface area contributed by atoms with Crippen LogP contribution in [0.3, 0.4) is 0 Å². The lowest BCUT2D eigenvalue weighted by molar-refractivity contribution is -0.142. The molecule has 0 spiro atoms. The van der Waals surface area contributed by atoms with Crippen molar-refractivity contribution in [2.75, 3.05) is 20.2 Å². The predicted octanol–water partition coefficient (Wildman–Crippen LogP) is 0.607. The Labute approximate surface area is 91.8 Å². The molecule has 4 nitrogen and oxygen atoms in total. The summed E-state index contributed by atoms with van der Waals surface area (Å²) in [5, 5.41) is 0. The number of ether oxygens (including phenoxy) is 1. The Morgan fingerprint density at radius 2 is 2.33 bits per heavy atom. The van der Waals surface area contributed by atoms with Crippen LogP contribution in [-0.2, 0) is 9.53 Å². The van der Waals surface area contributed by atoms with Gasteiger partial charge in [0.25, 0.3) is 5.91 Å². The predicted molar refractivity (Wildman–Crippen MR) is 59.4 cm³/mol. The van der Waals surface area contributed by atoms with Crippen LogP contribution < -0.4 is 5.73 Å². The van der Waals surface area contributed by atoms with Crippen LogP contribution in [0.2, 0.25) is 0 Å². The lowest BCUT2D eigenvalue weighted by atomic mass is 10.1. The van der Waals surface area contributed by atoms with Gasteiger partial charge in [-0.1, -0.05) is 13.8 Å². The lowest BCUT2D eigenvalue weighted by Crippen LogP contribution is -2.45. The summed E-state index contributed by atoms with van der Waals surface area (Å²) in [6.45, 7) is 5.40. The summed E-state index contributed by atoms with van der Waals surface area (Å²) in [6.07, 6.45) is 1.64. The molecule has 2 N–H and O–H groups in total. The molecular weight excluding hydrogens is 192 g/mol. The molecule has 0 saturated carbocycles. The SMILES string of the molecule is CCC1CC(C)CN1C(=O)C(CN)OC. The summed E-state index contributed by atoms with van der Waals surface area (Å²) in [7, 11) is 1.54. The number of amides is 1. The standard InChI is InChI=1S/C11H22N2O2/c1-4-9-5-8(2)7-13(9)11(14)10(6-12)15-3/h8-10H,4-7,12H2,1-3H3. The van der Waals surface area contributed by atoms with Gasteiger partial charge in [0, 0.05) is 26.2 Å². The number of carbonyl (C=O) groups is 1. The van der Waals surface area contributed by atoms with Crippen molar-refractivity contribution in [3.05, 3.63) is 0 Å². The second-order valence-electron chi connectivity index (χ2n) is 4.35. The molecule has 0 aliphatic carbocycles. The lowest BCUT2D eigenvalue weighted by Gasteiger charge is -2.27. The summed E-state index contributed by atoms with van der Waals surface area (Å²) >= 11 is 0. The van der Waals surface area contributed by atoms with E-state index in [0.29, 0.717) is 12.0 Å². The number of hydrogen-bond acceptors (Lipinski definition) is 3. The first kappa shape index (κ1) is 12.5. The number of methoxy groups -OCH3 is 1. The molecule has 3 unspecified atom stereocenters. The molecule has 15 heavy (non-hydrogen) atoms. The molecule has 0 aromatic heterocycles. The maximum Gasteiger partial charge on any atom is 0.253 e. The van der Waals surface area contributed by atoms with Crippen LogP contribution in [0.15, 0.2) is 0 Å². The van der Waals surface area contributed by atoms with Gasteiger partial charge in [0.05, 0.1) is 0 Å². The quantitative estimate of drug-likeness (QED) is 0.746. The molecule has 1 saturated heterocycles. The molecule has 1 amide bonds. The Hall–Kier alpha value is -0.610. The molecule has 0 bridgehead atoms. The molecular formula is C11H22N2O2. The summed E-state index contributed by atoms with van der Waals surface area (Å²) in [5.74, 6) is 0.644. The highest BCUT2D eigenvalue weighted by Crippen LogP contribution is 2.25. The zero-order valence-electron chi connectivity index (χ0n) is 9.90. The summed E-state index contributed by atoms with van der Waals surface area (Å²) in [5.41, 5.74) is 5.50. The Morgan fingerprint density at radius 1 is 1.67 bits per heavy atom. The molecule has 1 aliphatic rings. The topological polar surface area (TPSA) is 55.6 Å². The molecule has 1 rings (SSSR count). The second kappa shape index (κ2) is 5.47. The van der Waals surface area contributed by atoms with Gasteiger partial charge in [-0.15, -0.1) is 0 Å². The van der Waals surface area contributed by atoms with Crippen LogP contribution in [0.5, 0.6) is 0 Å². The fraction of sp³-hybridized carbons (Fsp3) is 0.909. The van der Waals surface area contributed by atoms with Gasteiger partial charge in [-0.2, -0.15) is 0 Å². The van der Waals surface area contributed by atoms with E-state index in [0.717, 1.165) is 19.4 Å². The van der Waals surface area contributed by atoms with Gasteiger partial charge in [-0.3, -0.25) is 4.79 Å². The number of rotatable bonds is 4. The maximum atomic E-state index is 12.0. The van der Waals surface area contributed by atoms with Gasteiger partial charge in [0.2, 0.25) is 0 Å². The van der Waals surface area contributed by atoms with Gasteiger partial charge < -0.3 is 15.4 Å². The van der Waals surface area contributed by atoms with Crippen LogP contribution in [-0.4, -0.2) is 43.2 Å². The number of nitrogens with zero attached hydrogens (tertiary/aromatic N) is 1. The monoisotopic (exact) mass is 214 g/mol. The average molecular weight is 214 g/mol. The van der Waals surface area contributed by atoms with E-state index < -0.39 is 6.10 Å². The van der Waals surface area contributed by atoms with Crippen molar-refractivity contribution in [2.24, 2.45) is 11.7 Å². The van der Waals surface area contributed by atoms with E-state index in [4.69, 9.17) is 10.5 Å². The Balaban J connectivity index is 2.65. The highest BCUT2D eigenvalue weighted by Gasteiger charge is 2.34. The first-order valence-electron chi connectivity index (χ1n) is 5.67. The molecule has 0 aromatic carbocycles. The van der Waals surface area contributed by atoms with Gasteiger partial charge >= 0.3 is 0 Å². The third-order valence-corrected chi connectivity index (χ3v) is 3.15. The summed E-state index contributed by atoms with van der Waals surface area (Å²) in [6, 6.07) is 0.372. The minimum atomic E-state index is -0.468. The van der Waals surface area contributed by atoms with Gasteiger partial charge in [-0.25, -0.2) is 0 Å². The fourth-order valence-corrected chi connectivity index (χ4v) is 2.29. The smallest absolute Gasteiger partial charge is 0.253 e. The van der Waals surface area contributed by atoms with Crippen LogP contribution in [0.25, 0.3) is 0 Å².